The van der Waals surface area contributed by atoms with Crippen molar-refractivity contribution >= 4 is 21.9 Å². The van der Waals surface area contributed by atoms with Gasteiger partial charge in [-0.2, -0.15) is 0 Å². The van der Waals surface area contributed by atoms with Crippen LogP contribution in [0.25, 0.3) is 0 Å². The number of rotatable bonds is 3. The van der Waals surface area contributed by atoms with Crippen LogP contribution in [0.4, 0.5) is 0 Å². The van der Waals surface area contributed by atoms with E-state index in [0.717, 1.165) is 4.47 Å². The summed E-state index contributed by atoms with van der Waals surface area (Å²) in [5, 5.41) is 0. The van der Waals surface area contributed by atoms with E-state index >= 15 is 0 Å². The van der Waals surface area contributed by atoms with Crippen molar-refractivity contribution in [2.24, 2.45) is 11.7 Å². The molecular formula is C11H14BrNO2. The maximum Gasteiger partial charge on any atom is 0.328 e. The molecule has 0 fully saturated rings. The molecule has 1 rings (SSSR count). The quantitative estimate of drug-likeness (QED) is 0.678. The summed E-state index contributed by atoms with van der Waals surface area (Å²) in [6.45, 7) is 3.76. The van der Waals surface area contributed by atoms with Crippen molar-refractivity contribution in [2.75, 3.05) is 0 Å². The molecule has 0 radical (unpaired) electrons. The van der Waals surface area contributed by atoms with Crippen LogP contribution >= 0.6 is 15.9 Å². The monoisotopic (exact) mass is 271 g/mol. The van der Waals surface area contributed by atoms with Gasteiger partial charge in [-0.05, 0) is 24.1 Å². The third kappa shape index (κ3) is 3.64. The third-order valence-electron chi connectivity index (χ3n) is 2.00. The second-order valence-electron chi connectivity index (χ2n) is 3.65. The first-order valence-corrected chi connectivity index (χ1v) is 5.53. The predicted molar refractivity (Wildman–Crippen MR) is 62.6 cm³/mol. The molecule has 4 heteroatoms. The lowest BCUT2D eigenvalue weighted by molar-refractivity contribution is -0.136. The van der Waals surface area contributed by atoms with Gasteiger partial charge in [0, 0.05) is 4.47 Å². The van der Waals surface area contributed by atoms with Crippen LogP contribution in [0.2, 0.25) is 0 Å². The van der Waals surface area contributed by atoms with Gasteiger partial charge in [0.25, 0.3) is 0 Å². The summed E-state index contributed by atoms with van der Waals surface area (Å²) in [4.78, 5) is 11.5. The number of carbonyl (C=O) groups is 1. The molecule has 0 aliphatic carbocycles. The zero-order valence-electron chi connectivity index (χ0n) is 8.74. The average molecular weight is 272 g/mol. The number of ether oxygens (including phenoxy) is 1. The van der Waals surface area contributed by atoms with Crippen LogP contribution in [0.15, 0.2) is 28.7 Å². The molecule has 15 heavy (non-hydrogen) atoms. The number of nitrogens with two attached hydrogens (primary N) is 1. The zero-order chi connectivity index (χ0) is 11.4. The molecule has 0 amide bonds. The van der Waals surface area contributed by atoms with Crippen LogP contribution in [-0.4, -0.2) is 12.0 Å². The van der Waals surface area contributed by atoms with Crippen LogP contribution < -0.4 is 10.5 Å². The highest BCUT2D eigenvalue weighted by Gasteiger charge is 2.19. The number of esters is 1. The number of carbonyl (C=O) groups excluding carboxylic acids is 1. The van der Waals surface area contributed by atoms with Gasteiger partial charge >= 0.3 is 5.97 Å². The van der Waals surface area contributed by atoms with Crippen molar-refractivity contribution in [3.63, 3.8) is 0 Å². The molecule has 1 aromatic carbocycles. The Morgan fingerprint density at radius 3 is 2.67 bits per heavy atom. The van der Waals surface area contributed by atoms with E-state index in [4.69, 9.17) is 10.5 Å². The molecular weight excluding hydrogens is 258 g/mol. The molecule has 0 aliphatic rings. The van der Waals surface area contributed by atoms with E-state index in [1.54, 1.807) is 18.2 Å². The van der Waals surface area contributed by atoms with Crippen molar-refractivity contribution < 1.29 is 9.53 Å². The summed E-state index contributed by atoms with van der Waals surface area (Å²) in [5.74, 6) is 0.179. The van der Waals surface area contributed by atoms with Gasteiger partial charge in [0.15, 0.2) is 0 Å². The summed E-state index contributed by atoms with van der Waals surface area (Å²) in [6, 6.07) is 6.53. The fourth-order valence-corrected chi connectivity index (χ4v) is 1.37. The van der Waals surface area contributed by atoms with Crippen LogP contribution in [0.5, 0.6) is 5.75 Å². The van der Waals surface area contributed by atoms with Gasteiger partial charge in [0.05, 0.1) is 0 Å². The van der Waals surface area contributed by atoms with Crippen LogP contribution in [0, 0.1) is 5.92 Å². The number of halogens is 1. The van der Waals surface area contributed by atoms with E-state index in [1.165, 1.54) is 0 Å². The van der Waals surface area contributed by atoms with E-state index in [2.05, 4.69) is 15.9 Å². The minimum Gasteiger partial charge on any atom is -0.425 e. The van der Waals surface area contributed by atoms with Gasteiger partial charge in [-0.15, -0.1) is 0 Å². The largest absolute Gasteiger partial charge is 0.425 e. The highest BCUT2D eigenvalue weighted by molar-refractivity contribution is 9.10. The molecule has 0 saturated carbocycles. The van der Waals surface area contributed by atoms with Gasteiger partial charge in [0.2, 0.25) is 0 Å². The SMILES string of the molecule is CC(C)C(N)C(=O)Oc1cccc(Br)c1. The molecule has 0 saturated heterocycles. The second kappa shape index (κ2) is 5.28. The van der Waals surface area contributed by atoms with E-state index in [-0.39, 0.29) is 5.92 Å². The molecule has 0 aliphatic heterocycles. The number of hydrogen-bond donors (Lipinski definition) is 1. The Balaban J connectivity index is 2.66. The maximum absolute atomic E-state index is 11.5. The van der Waals surface area contributed by atoms with E-state index in [9.17, 15) is 4.79 Å². The molecule has 1 atom stereocenters. The number of hydrogen-bond acceptors (Lipinski definition) is 3. The normalized spacial score (nSPS) is 12.6. The molecule has 0 bridgehead atoms. The van der Waals surface area contributed by atoms with Crippen molar-refractivity contribution in [1.29, 1.82) is 0 Å². The van der Waals surface area contributed by atoms with Crippen LogP contribution in [0.3, 0.4) is 0 Å². The van der Waals surface area contributed by atoms with Crippen molar-refractivity contribution in [3.05, 3.63) is 28.7 Å². The van der Waals surface area contributed by atoms with Crippen LogP contribution in [-0.2, 0) is 4.79 Å². The van der Waals surface area contributed by atoms with Crippen molar-refractivity contribution in [2.45, 2.75) is 19.9 Å². The van der Waals surface area contributed by atoms with Crippen molar-refractivity contribution in [3.8, 4) is 5.75 Å². The Morgan fingerprint density at radius 1 is 1.47 bits per heavy atom. The number of benzene rings is 1. The Kier molecular flexibility index (Phi) is 4.29. The molecule has 2 N–H and O–H groups in total. The smallest absolute Gasteiger partial charge is 0.328 e. The Hall–Kier alpha value is -0.870. The van der Waals surface area contributed by atoms with E-state index in [0.29, 0.717) is 5.75 Å². The Labute approximate surface area is 97.7 Å². The fraction of sp³-hybridized carbons (Fsp3) is 0.364. The molecule has 3 nitrogen and oxygen atoms in total. The fourth-order valence-electron chi connectivity index (χ4n) is 0.987. The highest BCUT2D eigenvalue weighted by atomic mass is 79.9. The van der Waals surface area contributed by atoms with Gasteiger partial charge < -0.3 is 10.5 Å². The summed E-state index contributed by atoms with van der Waals surface area (Å²) < 4.78 is 5.99. The second-order valence-corrected chi connectivity index (χ2v) is 4.56. The molecule has 0 spiro atoms. The zero-order valence-corrected chi connectivity index (χ0v) is 10.3. The Bertz CT molecular complexity index is 352. The third-order valence-corrected chi connectivity index (χ3v) is 2.50. The average Bonchev–Trinajstić information content (AvgIpc) is 2.16. The first-order valence-electron chi connectivity index (χ1n) is 4.73. The van der Waals surface area contributed by atoms with E-state index < -0.39 is 12.0 Å². The summed E-state index contributed by atoms with van der Waals surface area (Å²) in [5.41, 5.74) is 5.66. The summed E-state index contributed by atoms with van der Waals surface area (Å²) in [6.07, 6.45) is 0. The first-order chi connectivity index (χ1) is 7.00. The minimum absolute atomic E-state index is 0.0738. The molecule has 0 aromatic heterocycles. The molecule has 1 aromatic rings. The standard InChI is InChI=1S/C11H14BrNO2/c1-7(2)10(13)11(14)15-9-5-3-4-8(12)6-9/h3-7,10H,13H2,1-2H3. The lowest BCUT2D eigenvalue weighted by atomic mass is 10.1. The molecule has 82 valence electrons. The van der Waals surface area contributed by atoms with Gasteiger partial charge in [0.1, 0.15) is 11.8 Å². The highest BCUT2D eigenvalue weighted by Crippen LogP contribution is 2.18. The summed E-state index contributed by atoms with van der Waals surface area (Å²) >= 11 is 3.30. The van der Waals surface area contributed by atoms with E-state index in [1.807, 2.05) is 19.9 Å². The Morgan fingerprint density at radius 2 is 2.13 bits per heavy atom. The lowest BCUT2D eigenvalue weighted by Gasteiger charge is -2.14. The summed E-state index contributed by atoms with van der Waals surface area (Å²) in [7, 11) is 0. The van der Waals surface area contributed by atoms with Gasteiger partial charge in [-0.25, -0.2) is 4.79 Å². The van der Waals surface area contributed by atoms with Crippen LogP contribution in [0.1, 0.15) is 13.8 Å². The minimum atomic E-state index is -0.580. The van der Waals surface area contributed by atoms with Gasteiger partial charge in [-0.1, -0.05) is 35.8 Å². The van der Waals surface area contributed by atoms with Crippen molar-refractivity contribution in [1.82, 2.24) is 0 Å². The molecule has 1 unspecified atom stereocenters. The lowest BCUT2D eigenvalue weighted by Crippen LogP contribution is -2.38. The molecule has 0 heterocycles. The maximum atomic E-state index is 11.5. The van der Waals surface area contributed by atoms with Gasteiger partial charge in [-0.3, -0.25) is 0 Å². The first kappa shape index (κ1) is 12.2. The predicted octanol–water partition coefficient (Wildman–Crippen LogP) is 2.34. The topological polar surface area (TPSA) is 52.3 Å².